The smallest absolute Gasteiger partial charge is 0.308 e. The number of hydrogen-bond donors (Lipinski definition) is 1. The van der Waals surface area contributed by atoms with E-state index in [1.807, 2.05) is 25.1 Å². The highest BCUT2D eigenvalue weighted by Crippen LogP contribution is 2.29. The monoisotopic (exact) mass is 224 g/mol. The summed E-state index contributed by atoms with van der Waals surface area (Å²) in [6.45, 7) is 6.97. The zero-order valence-electron chi connectivity index (χ0n) is 9.90. The van der Waals surface area contributed by atoms with Gasteiger partial charge in [-0.05, 0) is 39.3 Å². The summed E-state index contributed by atoms with van der Waals surface area (Å²) < 4.78 is 0. The molecule has 2 rings (SSSR count). The number of aryl methyl sites for hydroxylation is 1. The van der Waals surface area contributed by atoms with Crippen molar-refractivity contribution >= 4 is 5.97 Å². The summed E-state index contributed by atoms with van der Waals surface area (Å²) in [5.74, 6) is 0.857. The minimum absolute atomic E-state index is 0.583. The van der Waals surface area contributed by atoms with Gasteiger partial charge in [-0.3, -0.25) is 14.6 Å². The van der Waals surface area contributed by atoms with Crippen molar-refractivity contribution in [3.05, 3.63) is 23.8 Å². The molecule has 88 valence electrons. The van der Waals surface area contributed by atoms with Crippen molar-refractivity contribution in [2.24, 2.45) is 5.41 Å². The van der Waals surface area contributed by atoms with Crippen LogP contribution < -0.4 is 9.78 Å². The standard InChI is InChI=1S/C7H6O2.C5H10O2/c1-5-2-3-6-4-7(5)9-8-6;1-5(2,3)4(6)7/h2-4H,1H3;1-3H3,(H,6,7). The van der Waals surface area contributed by atoms with Gasteiger partial charge in [0.2, 0.25) is 0 Å². The van der Waals surface area contributed by atoms with Gasteiger partial charge in [0.05, 0.1) is 5.41 Å². The van der Waals surface area contributed by atoms with Crippen molar-refractivity contribution in [3.63, 3.8) is 0 Å². The summed E-state index contributed by atoms with van der Waals surface area (Å²) in [6, 6.07) is 5.72. The molecule has 1 aromatic carbocycles. The summed E-state index contributed by atoms with van der Waals surface area (Å²) in [5, 5.41) is 8.25. The molecule has 0 amide bonds. The minimum atomic E-state index is -0.757. The Hall–Kier alpha value is -1.71. The summed E-state index contributed by atoms with van der Waals surface area (Å²) >= 11 is 0. The Labute approximate surface area is 94.7 Å². The fraction of sp³-hybridized carbons (Fsp3) is 0.417. The summed E-state index contributed by atoms with van der Waals surface area (Å²) in [4.78, 5) is 19.6. The van der Waals surface area contributed by atoms with E-state index in [1.54, 1.807) is 20.8 Å². The molecule has 4 heteroatoms. The van der Waals surface area contributed by atoms with Crippen LogP contribution in [0.5, 0.6) is 11.5 Å². The van der Waals surface area contributed by atoms with Crippen molar-refractivity contribution in [1.29, 1.82) is 0 Å². The van der Waals surface area contributed by atoms with Gasteiger partial charge in [0.1, 0.15) is 0 Å². The molecule has 1 N–H and O–H groups in total. The predicted octanol–water partition coefficient (Wildman–Crippen LogP) is 2.80. The maximum absolute atomic E-state index is 10.0. The Kier molecular flexibility index (Phi) is 3.42. The molecule has 0 saturated heterocycles. The zero-order chi connectivity index (χ0) is 12.3. The van der Waals surface area contributed by atoms with Crippen LogP contribution in [-0.2, 0) is 4.79 Å². The first kappa shape index (κ1) is 12.4. The van der Waals surface area contributed by atoms with Crippen molar-refractivity contribution in [3.8, 4) is 11.5 Å². The largest absolute Gasteiger partial charge is 0.481 e. The molecule has 2 bridgehead atoms. The van der Waals surface area contributed by atoms with E-state index in [0.717, 1.165) is 17.1 Å². The van der Waals surface area contributed by atoms with E-state index in [0.29, 0.717) is 0 Å². The van der Waals surface area contributed by atoms with Gasteiger partial charge < -0.3 is 5.11 Å². The molecule has 1 heterocycles. The van der Waals surface area contributed by atoms with Crippen molar-refractivity contribution in [2.75, 3.05) is 0 Å². The lowest BCUT2D eigenvalue weighted by Gasteiger charge is -2.08. The third-order valence-corrected chi connectivity index (χ3v) is 2.03. The number of carbonyl (C=O) groups is 1. The predicted molar refractivity (Wildman–Crippen MR) is 59.5 cm³/mol. The first-order valence-electron chi connectivity index (χ1n) is 4.99. The Bertz CT molecular complexity index is 390. The van der Waals surface area contributed by atoms with Gasteiger partial charge in [-0.25, -0.2) is 0 Å². The molecule has 0 fully saturated rings. The molecule has 4 nitrogen and oxygen atoms in total. The van der Waals surface area contributed by atoms with E-state index in [1.165, 1.54) is 0 Å². The van der Waals surface area contributed by atoms with Gasteiger partial charge in [0, 0.05) is 6.07 Å². The number of carboxylic acids is 1. The van der Waals surface area contributed by atoms with E-state index >= 15 is 0 Å². The molecule has 0 atom stereocenters. The van der Waals surface area contributed by atoms with Crippen LogP contribution in [0.2, 0.25) is 0 Å². The molecule has 0 aliphatic carbocycles. The zero-order valence-corrected chi connectivity index (χ0v) is 9.90. The highest BCUT2D eigenvalue weighted by molar-refractivity contribution is 5.72. The van der Waals surface area contributed by atoms with Gasteiger partial charge in [0.25, 0.3) is 0 Å². The Morgan fingerprint density at radius 1 is 1.25 bits per heavy atom. The normalized spacial score (nSPS) is 12.0. The lowest BCUT2D eigenvalue weighted by atomic mass is 9.98. The van der Waals surface area contributed by atoms with E-state index in [4.69, 9.17) is 14.9 Å². The van der Waals surface area contributed by atoms with Crippen LogP contribution in [0.15, 0.2) is 18.2 Å². The highest BCUT2D eigenvalue weighted by Gasteiger charge is 2.18. The third-order valence-electron chi connectivity index (χ3n) is 2.03. The molecule has 1 aliphatic rings. The second kappa shape index (κ2) is 4.43. The molecular weight excluding hydrogens is 208 g/mol. The average Bonchev–Trinajstić information content (AvgIpc) is 2.55. The van der Waals surface area contributed by atoms with Gasteiger partial charge in [-0.1, -0.05) is 6.07 Å². The SMILES string of the molecule is CC(C)(C)C(=O)O.Cc1ccc2cc1OO2. The number of fused-ring (bicyclic) bond motifs is 2. The van der Waals surface area contributed by atoms with Gasteiger partial charge in [-0.2, -0.15) is 0 Å². The Morgan fingerprint density at radius 2 is 1.81 bits per heavy atom. The van der Waals surface area contributed by atoms with Crippen LogP contribution >= 0.6 is 0 Å². The highest BCUT2D eigenvalue weighted by atomic mass is 17.2. The van der Waals surface area contributed by atoms with Crippen molar-refractivity contribution in [1.82, 2.24) is 0 Å². The number of benzene rings is 1. The van der Waals surface area contributed by atoms with Gasteiger partial charge in [-0.15, -0.1) is 0 Å². The topological polar surface area (TPSA) is 55.8 Å². The van der Waals surface area contributed by atoms with Gasteiger partial charge >= 0.3 is 5.97 Å². The van der Waals surface area contributed by atoms with Crippen LogP contribution in [0, 0.1) is 12.3 Å². The van der Waals surface area contributed by atoms with Crippen molar-refractivity contribution < 1.29 is 19.7 Å². The Morgan fingerprint density at radius 3 is 2.25 bits per heavy atom. The molecule has 0 saturated carbocycles. The van der Waals surface area contributed by atoms with Crippen molar-refractivity contribution in [2.45, 2.75) is 27.7 Å². The van der Waals surface area contributed by atoms with Crippen LogP contribution in [0.4, 0.5) is 0 Å². The summed E-state index contributed by atoms with van der Waals surface area (Å²) in [7, 11) is 0. The molecular formula is C12H16O4. The van der Waals surface area contributed by atoms with E-state index in [9.17, 15) is 4.79 Å². The fourth-order valence-corrected chi connectivity index (χ4v) is 0.815. The first-order chi connectivity index (χ1) is 7.30. The Balaban J connectivity index is 0.000000168. The van der Waals surface area contributed by atoms with E-state index < -0.39 is 11.4 Å². The number of aliphatic carboxylic acids is 1. The number of carboxylic acid groups (broad SMARTS) is 1. The maximum atomic E-state index is 10.0. The molecule has 0 radical (unpaired) electrons. The third kappa shape index (κ3) is 3.15. The number of hydrogen-bond acceptors (Lipinski definition) is 3. The quantitative estimate of drug-likeness (QED) is 0.688. The summed E-state index contributed by atoms with van der Waals surface area (Å²) in [6.07, 6.45) is 0. The molecule has 1 aromatic rings. The maximum Gasteiger partial charge on any atom is 0.308 e. The van der Waals surface area contributed by atoms with Crippen LogP contribution in [0.3, 0.4) is 0 Å². The lowest BCUT2D eigenvalue weighted by Crippen LogP contribution is -2.18. The van der Waals surface area contributed by atoms with E-state index in [2.05, 4.69) is 0 Å². The molecule has 0 aromatic heterocycles. The fourth-order valence-electron chi connectivity index (χ4n) is 0.815. The molecule has 0 unspecified atom stereocenters. The second-order valence-corrected chi connectivity index (χ2v) is 4.65. The first-order valence-corrected chi connectivity index (χ1v) is 4.99. The lowest BCUT2D eigenvalue weighted by molar-refractivity contribution is -0.145. The molecule has 16 heavy (non-hydrogen) atoms. The molecule has 0 spiro atoms. The number of rotatable bonds is 0. The van der Waals surface area contributed by atoms with Crippen LogP contribution in [0.1, 0.15) is 26.3 Å². The summed E-state index contributed by atoms with van der Waals surface area (Å²) in [5.41, 5.74) is 0.524. The average molecular weight is 224 g/mol. The van der Waals surface area contributed by atoms with E-state index in [-0.39, 0.29) is 0 Å². The van der Waals surface area contributed by atoms with Gasteiger partial charge in [0.15, 0.2) is 11.5 Å². The molecule has 1 aliphatic heterocycles. The van der Waals surface area contributed by atoms with Crippen LogP contribution in [0.25, 0.3) is 0 Å². The second-order valence-electron chi connectivity index (χ2n) is 4.65. The van der Waals surface area contributed by atoms with Crippen LogP contribution in [-0.4, -0.2) is 11.1 Å². The minimum Gasteiger partial charge on any atom is -0.481 e.